The molecule has 25 heavy (non-hydrogen) atoms. The van der Waals surface area contributed by atoms with E-state index in [1.807, 2.05) is 41.4 Å². The third kappa shape index (κ3) is 4.39. The van der Waals surface area contributed by atoms with Gasteiger partial charge in [0.2, 0.25) is 0 Å². The number of amides is 2. The first-order valence-electron chi connectivity index (χ1n) is 8.82. The van der Waals surface area contributed by atoms with Crippen LogP contribution in [0.1, 0.15) is 31.3 Å². The number of imidazole rings is 1. The maximum absolute atomic E-state index is 12.7. The molecule has 1 N–H and O–H groups in total. The molecular weight excluding hydrogens is 316 g/mol. The van der Waals surface area contributed by atoms with E-state index in [0.717, 1.165) is 17.9 Å². The summed E-state index contributed by atoms with van der Waals surface area (Å²) in [7, 11) is 0. The van der Waals surface area contributed by atoms with Gasteiger partial charge in [-0.3, -0.25) is 0 Å². The molecule has 1 fully saturated rings. The molecule has 0 bridgehead atoms. The Morgan fingerprint density at radius 3 is 2.92 bits per heavy atom. The van der Waals surface area contributed by atoms with E-state index in [-0.39, 0.29) is 12.1 Å². The van der Waals surface area contributed by atoms with Gasteiger partial charge in [-0.25, -0.2) is 9.78 Å². The van der Waals surface area contributed by atoms with Gasteiger partial charge in [-0.15, -0.1) is 0 Å². The summed E-state index contributed by atoms with van der Waals surface area (Å²) in [5, 5.41) is 3.02. The maximum Gasteiger partial charge on any atom is 0.318 e. The summed E-state index contributed by atoms with van der Waals surface area (Å²) < 4.78 is 7.69. The minimum atomic E-state index is -0.0729. The van der Waals surface area contributed by atoms with Crippen LogP contribution in [0.3, 0.4) is 0 Å². The van der Waals surface area contributed by atoms with Crippen LogP contribution in [0.4, 0.5) is 4.79 Å². The molecule has 1 aliphatic rings. The summed E-state index contributed by atoms with van der Waals surface area (Å²) >= 11 is 0. The highest BCUT2D eigenvalue weighted by atomic mass is 16.5. The molecule has 0 saturated carbocycles. The van der Waals surface area contributed by atoms with Crippen molar-refractivity contribution in [3.05, 3.63) is 54.1 Å². The second kappa shape index (κ2) is 8.16. The van der Waals surface area contributed by atoms with E-state index in [1.165, 1.54) is 0 Å². The molecule has 0 aliphatic carbocycles. The molecule has 0 radical (unpaired) electrons. The van der Waals surface area contributed by atoms with Gasteiger partial charge >= 0.3 is 6.03 Å². The number of rotatable bonds is 5. The summed E-state index contributed by atoms with van der Waals surface area (Å²) in [5.74, 6) is 1.41. The van der Waals surface area contributed by atoms with Crippen LogP contribution in [-0.2, 0) is 17.8 Å². The number of carbonyl (C=O) groups is 1. The van der Waals surface area contributed by atoms with E-state index in [1.54, 1.807) is 6.20 Å². The largest absolute Gasteiger partial charge is 0.377 e. The lowest BCUT2D eigenvalue weighted by molar-refractivity contribution is 0.0115. The number of hydrogen-bond acceptors (Lipinski definition) is 3. The van der Waals surface area contributed by atoms with Gasteiger partial charge in [0.25, 0.3) is 0 Å². The van der Waals surface area contributed by atoms with E-state index < -0.39 is 0 Å². The first kappa shape index (κ1) is 17.5. The van der Waals surface area contributed by atoms with Gasteiger partial charge in [0.15, 0.2) is 0 Å². The fourth-order valence-electron chi connectivity index (χ4n) is 3.12. The Bertz CT molecular complexity index is 684. The van der Waals surface area contributed by atoms with E-state index >= 15 is 0 Å². The highest BCUT2D eigenvalue weighted by Crippen LogP contribution is 2.24. The molecule has 1 aromatic heterocycles. The number of benzene rings is 1. The number of hydrogen-bond donors (Lipinski definition) is 1. The van der Waals surface area contributed by atoms with Crippen molar-refractivity contribution in [2.24, 2.45) is 5.92 Å². The van der Waals surface area contributed by atoms with Crippen molar-refractivity contribution in [2.75, 3.05) is 19.8 Å². The normalized spacial score (nSPS) is 17.7. The highest BCUT2D eigenvalue weighted by Gasteiger charge is 2.28. The molecular formula is C19H26N4O2. The van der Waals surface area contributed by atoms with Gasteiger partial charge in [-0.05, 0) is 11.5 Å². The van der Waals surface area contributed by atoms with Crippen LogP contribution in [0.25, 0.3) is 0 Å². The number of urea groups is 1. The summed E-state index contributed by atoms with van der Waals surface area (Å²) in [5.41, 5.74) is 1.10. The molecule has 6 heteroatoms. The van der Waals surface area contributed by atoms with E-state index in [0.29, 0.717) is 32.2 Å². The van der Waals surface area contributed by atoms with E-state index in [2.05, 4.69) is 28.7 Å². The molecule has 134 valence electrons. The maximum atomic E-state index is 12.7. The predicted octanol–water partition coefficient (Wildman–Crippen LogP) is 2.82. The standard InChI is InChI=1S/C19H26N4O2/c1-15(2)13-22-9-8-20-18(22)12-21-19(24)23-10-11-25-14-17(23)16-6-4-3-5-7-16/h3-9,15,17H,10-14H2,1-2H3,(H,21,24)/t17-/m0/s1. The number of nitrogens with zero attached hydrogens (tertiary/aromatic N) is 3. The molecule has 3 rings (SSSR count). The second-order valence-electron chi connectivity index (χ2n) is 6.74. The van der Waals surface area contributed by atoms with Gasteiger partial charge in [0, 0.05) is 25.5 Å². The molecule has 0 spiro atoms. The lowest BCUT2D eigenvalue weighted by Crippen LogP contribution is -2.48. The summed E-state index contributed by atoms with van der Waals surface area (Å²) in [6.45, 7) is 7.35. The van der Waals surface area contributed by atoms with Gasteiger partial charge in [0.1, 0.15) is 5.82 Å². The van der Waals surface area contributed by atoms with Crippen molar-refractivity contribution in [1.82, 2.24) is 19.8 Å². The number of ether oxygens (including phenoxy) is 1. The van der Waals surface area contributed by atoms with Crippen LogP contribution in [0.15, 0.2) is 42.7 Å². The molecule has 2 heterocycles. The van der Waals surface area contributed by atoms with E-state index in [9.17, 15) is 4.79 Å². The van der Waals surface area contributed by atoms with Gasteiger partial charge in [-0.2, -0.15) is 0 Å². The lowest BCUT2D eigenvalue weighted by atomic mass is 10.1. The Kier molecular flexibility index (Phi) is 5.71. The van der Waals surface area contributed by atoms with Gasteiger partial charge < -0.3 is 19.5 Å². The van der Waals surface area contributed by atoms with Crippen molar-refractivity contribution < 1.29 is 9.53 Å². The zero-order valence-electron chi connectivity index (χ0n) is 14.9. The zero-order valence-corrected chi connectivity index (χ0v) is 14.9. The van der Waals surface area contributed by atoms with Crippen LogP contribution in [0.2, 0.25) is 0 Å². The second-order valence-corrected chi connectivity index (χ2v) is 6.74. The Balaban J connectivity index is 1.64. The topological polar surface area (TPSA) is 59.4 Å². The van der Waals surface area contributed by atoms with Crippen LogP contribution < -0.4 is 5.32 Å². The minimum absolute atomic E-state index is 0.0506. The fraction of sp³-hybridized carbons (Fsp3) is 0.474. The summed E-state index contributed by atoms with van der Waals surface area (Å²) in [4.78, 5) is 19.0. The van der Waals surface area contributed by atoms with Crippen molar-refractivity contribution in [3.63, 3.8) is 0 Å². The zero-order chi connectivity index (χ0) is 17.6. The molecule has 0 unspecified atom stereocenters. The summed E-state index contributed by atoms with van der Waals surface area (Å²) in [6.07, 6.45) is 3.74. The van der Waals surface area contributed by atoms with Crippen LogP contribution in [-0.4, -0.2) is 40.2 Å². The van der Waals surface area contributed by atoms with Crippen molar-refractivity contribution in [1.29, 1.82) is 0 Å². The average molecular weight is 342 g/mol. The Morgan fingerprint density at radius 1 is 1.36 bits per heavy atom. The molecule has 1 saturated heterocycles. The minimum Gasteiger partial charge on any atom is -0.377 e. The average Bonchev–Trinajstić information content (AvgIpc) is 3.06. The molecule has 1 atom stereocenters. The third-order valence-corrected chi connectivity index (χ3v) is 4.33. The third-order valence-electron chi connectivity index (χ3n) is 4.33. The fourth-order valence-corrected chi connectivity index (χ4v) is 3.12. The molecule has 6 nitrogen and oxygen atoms in total. The van der Waals surface area contributed by atoms with Crippen molar-refractivity contribution in [2.45, 2.75) is 33.0 Å². The van der Waals surface area contributed by atoms with Crippen LogP contribution in [0.5, 0.6) is 0 Å². The highest BCUT2D eigenvalue weighted by molar-refractivity contribution is 5.74. The predicted molar refractivity (Wildman–Crippen MR) is 96.0 cm³/mol. The quantitative estimate of drug-likeness (QED) is 0.909. The Morgan fingerprint density at radius 2 is 2.16 bits per heavy atom. The smallest absolute Gasteiger partial charge is 0.318 e. The first-order valence-corrected chi connectivity index (χ1v) is 8.82. The number of nitrogens with one attached hydrogen (secondary N) is 1. The Labute approximate surface area is 148 Å². The van der Waals surface area contributed by atoms with Crippen molar-refractivity contribution >= 4 is 6.03 Å². The Hall–Kier alpha value is -2.34. The molecule has 2 amide bonds. The first-order chi connectivity index (χ1) is 12.1. The van der Waals surface area contributed by atoms with Crippen molar-refractivity contribution in [3.8, 4) is 0 Å². The number of morpholine rings is 1. The van der Waals surface area contributed by atoms with E-state index in [4.69, 9.17) is 4.74 Å². The molecule has 1 aromatic carbocycles. The molecule has 2 aromatic rings. The van der Waals surface area contributed by atoms with Crippen LogP contribution >= 0.6 is 0 Å². The number of carbonyl (C=O) groups excluding carboxylic acids is 1. The van der Waals surface area contributed by atoms with Crippen LogP contribution in [0, 0.1) is 5.92 Å². The van der Waals surface area contributed by atoms with Gasteiger partial charge in [-0.1, -0.05) is 44.2 Å². The molecule has 1 aliphatic heterocycles. The monoisotopic (exact) mass is 342 g/mol. The van der Waals surface area contributed by atoms with Gasteiger partial charge in [0.05, 0.1) is 25.8 Å². The lowest BCUT2D eigenvalue weighted by Gasteiger charge is -2.35. The summed E-state index contributed by atoms with van der Waals surface area (Å²) in [6, 6.07) is 9.91. The number of aromatic nitrogens is 2. The SMILES string of the molecule is CC(C)Cn1ccnc1CNC(=O)N1CCOC[C@H]1c1ccccc1.